The van der Waals surface area contributed by atoms with Gasteiger partial charge in [-0.15, -0.1) is 0 Å². The molecular formula is C23H23ClN4O2. The number of amides is 1. The Balaban J connectivity index is 1.52. The first kappa shape index (κ1) is 20.3. The summed E-state index contributed by atoms with van der Waals surface area (Å²) in [5.41, 5.74) is 10.3. The first-order valence-corrected chi connectivity index (χ1v) is 10.2. The smallest absolute Gasteiger partial charge is 0.291 e. The van der Waals surface area contributed by atoms with E-state index in [1.54, 1.807) is 24.3 Å². The Bertz CT molecular complexity index is 1110. The van der Waals surface area contributed by atoms with E-state index in [0.717, 1.165) is 35.2 Å². The van der Waals surface area contributed by atoms with Crippen LogP contribution in [0.4, 0.5) is 11.5 Å². The van der Waals surface area contributed by atoms with Crippen LogP contribution in [-0.4, -0.2) is 22.1 Å². The lowest BCUT2D eigenvalue weighted by atomic mass is 9.96. The highest BCUT2D eigenvalue weighted by Crippen LogP contribution is 2.31. The Kier molecular flexibility index (Phi) is 5.45. The van der Waals surface area contributed by atoms with E-state index in [0.29, 0.717) is 22.9 Å². The van der Waals surface area contributed by atoms with Crippen molar-refractivity contribution in [3.63, 3.8) is 0 Å². The second kappa shape index (κ2) is 8.05. The van der Waals surface area contributed by atoms with E-state index < -0.39 is 0 Å². The van der Waals surface area contributed by atoms with E-state index >= 15 is 0 Å². The molecule has 1 aliphatic heterocycles. The van der Waals surface area contributed by atoms with Crippen molar-refractivity contribution < 1.29 is 9.21 Å². The van der Waals surface area contributed by atoms with E-state index in [4.69, 9.17) is 21.8 Å². The van der Waals surface area contributed by atoms with Gasteiger partial charge in [-0.3, -0.25) is 4.79 Å². The Morgan fingerprint density at radius 2 is 2.13 bits per heavy atom. The normalized spacial score (nSPS) is 13.1. The van der Waals surface area contributed by atoms with Crippen molar-refractivity contribution in [2.75, 3.05) is 5.32 Å². The van der Waals surface area contributed by atoms with Gasteiger partial charge in [0.05, 0.1) is 12.0 Å². The van der Waals surface area contributed by atoms with Gasteiger partial charge in [0.15, 0.2) is 11.6 Å². The van der Waals surface area contributed by atoms with Crippen molar-refractivity contribution in [1.82, 2.24) is 4.98 Å². The van der Waals surface area contributed by atoms with Crippen LogP contribution in [0.25, 0.3) is 0 Å². The van der Waals surface area contributed by atoms with E-state index in [-0.39, 0.29) is 17.2 Å². The zero-order valence-electron chi connectivity index (χ0n) is 16.9. The summed E-state index contributed by atoms with van der Waals surface area (Å²) in [5, 5.41) is 3.39. The zero-order chi connectivity index (χ0) is 21.3. The molecular weight excluding hydrogens is 400 g/mol. The number of halogens is 1. The van der Waals surface area contributed by atoms with Gasteiger partial charge in [-0.05, 0) is 62.6 Å². The summed E-state index contributed by atoms with van der Waals surface area (Å²) in [5.74, 6) is 0.635. The van der Waals surface area contributed by atoms with Crippen molar-refractivity contribution in [3.05, 3.63) is 76.3 Å². The quantitative estimate of drug-likeness (QED) is 0.589. The van der Waals surface area contributed by atoms with Gasteiger partial charge in [-0.25, -0.2) is 9.98 Å². The molecule has 3 aromatic rings. The van der Waals surface area contributed by atoms with Crippen LogP contribution >= 0.6 is 11.6 Å². The van der Waals surface area contributed by atoms with Crippen LogP contribution in [0.15, 0.2) is 58.3 Å². The lowest BCUT2D eigenvalue weighted by Crippen LogP contribution is -2.32. The topological polar surface area (TPSA) is 93.5 Å². The first-order valence-electron chi connectivity index (χ1n) is 9.77. The van der Waals surface area contributed by atoms with Gasteiger partial charge in [0, 0.05) is 40.0 Å². The predicted octanol–water partition coefficient (Wildman–Crippen LogP) is 4.93. The van der Waals surface area contributed by atoms with E-state index in [1.165, 1.54) is 6.26 Å². The largest absolute Gasteiger partial charge is 0.459 e. The maximum atomic E-state index is 12.3. The van der Waals surface area contributed by atoms with Gasteiger partial charge in [0.2, 0.25) is 0 Å². The van der Waals surface area contributed by atoms with Gasteiger partial charge < -0.3 is 15.5 Å². The Morgan fingerprint density at radius 3 is 2.87 bits per heavy atom. The predicted molar refractivity (Wildman–Crippen MR) is 119 cm³/mol. The van der Waals surface area contributed by atoms with Gasteiger partial charge in [0.25, 0.3) is 5.91 Å². The molecule has 3 N–H and O–H groups in total. The minimum absolute atomic E-state index is 0.214. The summed E-state index contributed by atoms with van der Waals surface area (Å²) in [6.45, 7) is 4.04. The molecule has 1 aliphatic rings. The van der Waals surface area contributed by atoms with Crippen LogP contribution in [0.2, 0.25) is 5.02 Å². The third-order valence-electron chi connectivity index (χ3n) is 4.94. The molecule has 0 radical (unpaired) electrons. The van der Waals surface area contributed by atoms with Crippen molar-refractivity contribution in [2.45, 2.75) is 38.6 Å². The number of nitrogens with one attached hydrogen (secondary N) is 1. The van der Waals surface area contributed by atoms with E-state index in [9.17, 15) is 4.79 Å². The van der Waals surface area contributed by atoms with Crippen LogP contribution in [0.1, 0.15) is 47.5 Å². The molecule has 0 aliphatic carbocycles. The summed E-state index contributed by atoms with van der Waals surface area (Å²) in [7, 11) is 0. The number of hydrogen-bond donors (Lipinski definition) is 2. The molecule has 6 nitrogen and oxygen atoms in total. The SMILES string of the molecule is CC(C)(N)CCc1cnc2c(c1)CC(c1cc(NC(=O)c3ccco3)ccc1Cl)=N2. The molecule has 0 saturated heterocycles. The van der Waals surface area contributed by atoms with E-state index in [1.807, 2.05) is 26.1 Å². The Labute approximate surface area is 180 Å². The average Bonchev–Trinajstić information content (AvgIpc) is 3.36. The minimum atomic E-state index is -0.320. The lowest BCUT2D eigenvalue weighted by molar-refractivity contribution is 0.0996. The van der Waals surface area contributed by atoms with E-state index in [2.05, 4.69) is 21.4 Å². The number of hydrogen-bond acceptors (Lipinski definition) is 5. The second-order valence-electron chi connectivity index (χ2n) is 8.18. The number of benzene rings is 1. The maximum Gasteiger partial charge on any atom is 0.291 e. The number of nitrogens with two attached hydrogens (primary N) is 1. The van der Waals surface area contributed by atoms with Gasteiger partial charge in [-0.1, -0.05) is 17.7 Å². The number of nitrogens with zero attached hydrogens (tertiary/aromatic N) is 2. The fourth-order valence-corrected chi connectivity index (χ4v) is 3.54. The molecule has 0 saturated carbocycles. The molecule has 154 valence electrons. The number of rotatable bonds is 6. The van der Waals surface area contributed by atoms with Crippen LogP contribution in [0.3, 0.4) is 0 Å². The number of aryl methyl sites for hydroxylation is 1. The molecule has 0 bridgehead atoms. The molecule has 1 amide bonds. The van der Waals surface area contributed by atoms with Crippen molar-refractivity contribution in [3.8, 4) is 0 Å². The zero-order valence-corrected chi connectivity index (χ0v) is 17.7. The second-order valence-corrected chi connectivity index (χ2v) is 8.58. The van der Waals surface area contributed by atoms with Crippen molar-refractivity contribution >= 4 is 34.7 Å². The molecule has 2 aromatic heterocycles. The number of aromatic nitrogens is 1. The molecule has 0 fully saturated rings. The molecule has 0 spiro atoms. The molecule has 30 heavy (non-hydrogen) atoms. The van der Waals surface area contributed by atoms with Crippen molar-refractivity contribution in [1.29, 1.82) is 0 Å². The fraction of sp³-hybridized carbons (Fsp3) is 0.261. The van der Waals surface area contributed by atoms with Crippen LogP contribution < -0.4 is 11.1 Å². The number of aliphatic imine (C=N–C) groups is 1. The highest BCUT2D eigenvalue weighted by Gasteiger charge is 2.21. The summed E-state index contributed by atoms with van der Waals surface area (Å²) in [4.78, 5) is 21.4. The fourth-order valence-electron chi connectivity index (χ4n) is 3.31. The molecule has 0 unspecified atom stereocenters. The van der Waals surface area contributed by atoms with Crippen LogP contribution in [0, 0.1) is 0 Å². The standard InChI is InChI=1S/C23H23ClN4O2/c1-23(2,25)8-7-14-10-15-11-19(28-21(15)26-13-14)17-12-16(5-6-18(17)24)27-22(29)20-4-3-9-30-20/h3-6,9-10,12-13H,7-8,11,25H2,1-2H3,(H,27,29). The van der Waals surface area contributed by atoms with Gasteiger partial charge >= 0.3 is 0 Å². The number of carbonyl (C=O) groups is 1. The highest BCUT2D eigenvalue weighted by molar-refractivity contribution is 6.34. The average molecular weight is 423 g/mol. The lowest BCUT2D eigenvalue weighted by Gasteiger charge is -2.17. The minimum Gasteiger partial charge on any atom is -0.459 e. The number of furan rings is 1. The maximum absolute atomic E-state index is 12.3. The molecule has 4 rings (SSSR count). The number of pyridine rings is 1. The summed E-state index contributed by atoms with van der Waals surface area (Å²) < 4.78 is 5.14. The molecule has 7 heteroatoms. The first-order chi connectivity index (χ1) is 14.3. The Hall–Kier alpha value is -2.96. The third-order valence-corrected chi connectivity index (χ3v) is 5.27. The number of carbonyl (C=O) groups excluding carboxylic acids is 1. The summed E-state index contributed by atoms with van der Waals surface area (Å²) in [6.07, 6.45) is 5.71. The van der Waals surface area contributed by atoms with Gasteiger partial charge in [-0.2, -0.15) is 0 Å². The Morgan fingerprint density at radius 1 is 1.30 bits per heavy atom. The monoisotopic (exact) mass is 422 g/mol. The summed E-state index contributed by atoms with van der Waals surface area (Å²) >= 11 is 6.44. The van der Waals surface area contributed by atoms with Crippen molar-refractivity contribution in [2.24, 2.45) is 10.7 Å². The molecule has 1 aromatic carbocycles. The highest BCUT2D eigenvalue weighted by atomic mass is 35.5. The number of anilines is 1. The molecule has 3 heterocycles. The van der Waals surface area contributed by atoms with Crippen LogP contribution in [0.5, 0.6) is 0 Å². The van der Waals surface area contributed by atoms with Crippen LogP contribution in [-0.2, 0) is 12.8 Å². The summed E-state index contributed by atoms with van der Waals surface area (Å²) in [6, 6.07) is 10.7. The number of fused-ring (bicyclic) bond motifs is 1. The third kappa shape index (κ3) is 4.61. The molecule has 0 atom stereocenters. The van der Waals surface area contributed by atoms with Gasteiger partial charge in [0.1, 0.15) is 0 Å².